The van der Waals surface area contributed by atoms with Crippen molar-refractivity contribution in [3.63, 3.8) is 0 Å². The third-order valence-electron chi connectivity index (χ3n) is 19.2. The standard InChI is InChI=1S/C80H40N6S4/c81-41-51-52(42-82)78(84-54-26-10-2-18-44(54)70-58(84)34-38-66-74(70)48-22-6-14-30-62(48)88-66)80(86-56-28-12-4-20-46(56)72-60(86)36-40-68-76(72)50-24-8-16-32-64(50)90-68)79(85-55-27-11-3-19-45(55)71-59(85)35-39-67-75(71)49-23-7-15-31-63(49)89-67)77(51)83-53-25-9-1-17-43(53)69-57(83)33-37-65-73(69)47-21-5-13-29-61(47)87-65/h1-40H. The zero-order chi connectivity index (χ0) is 58.8. The van der Waals surface area contributed by atoms with E-state index in [0.29, 0.717) is 11.4 Å². The average Bonchev–Trinajstić information content (AvgIpc) is 1.49. The lowest BCUT2D eigenvalue weighted by Gasteiger charge is -2.27. The summed E-state index contributed by atoms with van der Waals surface area (Å²) in [5.74, 6) is 0. The van der Waals surface area contributed by atoms with Crippen molar-refractivity contribution < 1.29 is 0 Å². The lowest BCUT2D eigenvalue weighted by Crippen LogP contribution is -2.17. The molecule has 13 aromatic carbocycles. The van der Waals surface area contributed by atoms with Crippen LogP contribution in [0.5, 0.6) is 0 Å². The number of aromatic nitrogens is 4. The number of benzene rings is 13. The van der Waals surface area contributed by atoms with E-state index in [4.69, 9.17) is 0 Å². The van der Waals surface area contributed by atoms with Gasteiger partial charge in [-0.2, -0.15) is 10.5 Å². The molecule has 10 heteroatoms. The first-order chi connectivity index (χ1) is 44.6. The Morgan fingerprint density at radius 3 is 0.678 bits per heavy atom. The van der Waals surface area contributed by atoms with Gasteiger partial charge in [0.05, 0.1) is 78.0 Å². The van der Waals surface area contributed by atoms with Crippen LogP contribution in [0.25, 0.3) is 191 Å². The molecule has 8 heterocycles. The molecule has 0 spiro atoms. The Kier molecular flexibility index (Phi) is 9.69. The highest BCUT2D eigenvalue weighted by molar-refractivity contribution is 7.27. The fourth-order valence-electron chi connectivity index (χ4n) is 15.8. The second kappa shape index (κ2) is 17.8. The highest BCUT2D eigenvalue weighted by atomic mass is 32.1. The molecule has 0 saturated heterocycles. The topological polar surface area (TPSA) is 67.3 Å². The third kappa shape index (κ3) is 6.13. The van der Waals surface area contributed by atoms with Gasteiger partial charge < -0.3 is 18.3 Å². The van der Waals surface area contributed by atoms with E-state index in [1.807, 2.05) is 22.7 Å². The van der Waals surface area contributed by atoms with Gasteiger partial charge in [-0.15, -0.1) is 45.3 Å². The Morgan fingerprint density at radius 1 is 0.200 bits per heavy atom. The number of nitrogens with zero attached hydrogens (tertiary/aromatic N) is 6. The summed E-state index contributed by atoms with van der Waals surface area (Å²) in [6.07, 6.45) is 0. The van der Waals surface area contributed by atoms with Crippen LogP contribution in [0.2, 0.25) is 0 Å². The van der Waals surface area contributed by atoms with Crippen molar-refractivity contribution in [2.24, 2.45) is 0 Å². The largest absolute Gasteiger partial charge is 0.306 e. The zero-order valence-electron chi connectivity index (χ0n) is 47.4. The number of rotatable bonds is 4. The molecule has 0 aliphatic heterocycles. The molecule has 0 saturated carbocycles. The van der Waals surface area contributed by atoms with Gasteiger partial charge in [0, 0.05) is 124 Å². The highest BCUT2D eigenvalue weighted by Gasteiger charge is 2.36. The van der Waals surface area contributed by atoms with E-state index in [1.54, 1.807) is 22.7 Å². The monoisotopic (exact) mass is 1210 g/mol. The summed E-state index contributed by atoms with van der Waals surface area (Å²) in [5, 5.41) is 44.0. The molecule has 90 heavy (non-hydrogen) atoms. The van der Waals surface area contributed by atoms with E-state index >= 15 is 0 Å². The molecule has 0 aliphatic rings. The minimum absolute atomic E-state index is 0.275. The van der Waals surface area contributed by atoms with Crippen LogP contribution in [0.15, 0.2) is 243 Å². The first kappa shape index (κ1) is 49.0. The van der Waals surface area contributed by atoms with Crippen LogP contribution in [0, 0.1) is 22.7 Å². The lowest BCUT2D eigenvalue weighted by molar-refractivity contribution is 1.01. The van der Waals surface area contributed by atoms with Crippen molar-refractivity contribution in [1.29, 1.82) is 10.5 Å². The lowest BCUT2D eigenvalue weighted by atomic mass is 9.98. The number of thiophene rings is 4. The number of nitriles is 2. The SMILES string of the molecule is N#Cc1c(C#N)c(-n2c3ccccc3c3c4c(ccc32)sc2ccccc24)c(-n2c3ccccc3c3c4c(ccc32)sc2ccccc24)c(-n2c3ccccc3c3c4c(ccc32)sc2ccccc24)c1-n1c2ccccc2c2c3c(ccc21)sc1ccccc13. The van der Waals surface area contributed by atoms with Gasteiger partial charge in [-0.05, 0) is 97.1 Å². The van der Waals surface area contributed by atoms with Gasteiger partial charge in [0.2, 0.25) is 0 Å². The summed E-state index contributed by atoms with van der Waals surface area (Å²) in [4.78, 5) is 0. The summed E-state index contributed by atoms with van der Waals surface area (Å²) < 4.78 is 19.3. The number of fused-ring (bicyclic) bond motifs is 28. The normalized spacial score (nSPS) is 12.4. The number of para-hydroxylation sites is 4. The Balaban J connectivity index is 1.08. The molecule has 21 aromatic rings. The fourth-order valence-corrected chi connectivity index (χ4v) is 20.3. The van der Waals surface area contributed by atoms with Crippen molar-refractivity contribution in [1.82, 2.24) is 18.3 Å². The van der Waals surface area contributed by atoms with Crippen LogP contribution in [0.4, 0.5) is 0 Å². The molecular formula is C80H40N6S4. The summed E-state index contributed by atoms with van der Waals surface area (Å²) >= 11 is 7.25. The van der Waals surface area contributed by atoms with E-state index < -0.39 is 0 Å². The van der Waals surface area contributed by atoms with E-state index in [-0.39, 0.29) is 11.1 Å². The summed E-state index contributed by atoms with van der Waals surface area (Å²) in [6.45, 7) is 0. The van der Waals surface area contributed by atoms with Crippen molar-refractivity contribution in [3.8, 4) is 34.9 Å². The van der Waals surface area contributed by atoms with Gasteiger partial charge in [-0.1, -0.05) is 146 Å². The van der Waals surface area contributed by atoms with Gasteiger partial charge in [-0.3, -0.25) is 0 Å². The third-order valence-corrected chi connectivity index (χ3v) is 23.8. The second-order valence-corrected chi connectivity index (χ2v) is 27.8. The molecule has 0 bridgehead atoms. The molecule has 0 unspecified atom stereocenters. The van der Waals surface area contributed by atoms with Gasteiger partial charge in [0.25, 0.3) is 0 Å². The van der Waals surface area contributed by atoms with Crippen molar-refractivity contribution in [2.75, 3.05) is 0 Å². The summed E-state index contributed by atoms with van der Waals surface area (Å²) in [6, 6.07) is 94.1. The van der Waals surface area contributed by atoms with E-state index in [2.05, 4.69) is 273 Å². The molecule has 21 rings (SSSR count). The van der Waals surface area contributed by atoms with E-state index in [0.717, 1.165) is 98.6 Å². The van der Waals surface area contributed by atoms with Crippen LogP contribution in [-0.2, 0) is 0 Å². The summed E-state index contributed by atoms with van der Waals surface area (Å²) in [7, 11) is 0. The fraction of sp³-hybridized carbons (Fsp3) is 0. The second-order valence-electron chi connectivity index (χ2n) is 23.5. The maximum absolute atomic E-state index is 12.8. The van der Waals surface area contributed by atoms with Crippen LogP contribution in [0.1, 0.15) is 11.1 Å². The van der Waals surface area contributed by atoms with Gasteiger partial charge in [0.1, 0.15) is 12.1 Å². The van der Waals surface area contributed by atoms with E-state index in [1.165, 1.54) is 80.7 Å². The molecule has 8 aromatic heterocycles. The Labute approximate surface area is 526 Å². The Morgan fingerprint density at radius 2 is 0.422 bits per heavy atom. The van der Waals surface area contributed by atoms with Crippen LogP contribution in [-0.4, -0.2) is 18.3 Å². The Hall–Kier alpha value is -11.1. The van der Waals surface area contributed by atoms with Crippen LogP contribution >= 0.6 is 45.3 Å². The molecule has 0 atom stereocenters. The Bertz CT molecular complexity index is 6530. The summed E-state index contributed by atoms with van der Waals surface area (Å²) in [5.41, 5.74) is 11.0. The van der Waals surface area contributed by atoms with E-state index in [9.17, 15) is 10.5 Å². The molecule has 0 fully saturated rings. The average molecular weight is 1210 g/mol. The predicted octanol–water partition coefficient (Wildman–Crippen LogP) is 23.3. The van der Waals surface area contributed by atoms with Crippen LogP contribution in [0.3, 0.4) is 0 Å². The molecule has 0 amide bonds. The number of hydrogen-bond donors (Lipinski definition) is 0. The maximum Gasteiger partial charge on any atom is 0.103 e. The minimum atomic E-state index is 0.275. The first-order valence-corrected chi connectivity index (χ1v) is 33.3. The molecule has 0 aliphatic carbocycles. The van der Waals surface area contributed by atoms with Crippen LogP contribution < -0.4 is 0 Å². The smallest absolute Gasteiger partial charge is 0.103 e. The highest BCUT2D eigenvalue weighted by Crippen LogP contribution is 2.54. The number of hydrogen-bond acceptors (Lipinski definition) is 6. The quantitative estimate of drug-likeness (QED) is 0.176. The molecule has 6 nitrogen and oxygen atoms in total. The zero-order valence-corrected chi connectivity index (χ0v) is 50.7. The molecular weight excluding hydrogens is 1170 g/mol. The molecule has 414 valence electrons. The van der Waals surface area contributed by atoms with Crippen molar-refractivity contribution in [3.05, 3.63) is 254 Å². The van der Waals surface area contributed by atoms with Crippen molar-refractivity contribution >= 4 is 213 Å². The predicted molar refractivity (Wildman–Crippen MR) is 385 cm³/mol. The maximum atomic E-state index is 12.8. The van der Waals surface area contributed by atoms with Gasteiger partial charge >= 0.3 is 0 Å². The van der Waals surface area contributed by atoms with Gasteiger partial charge in [0.15, 0.2) is 0 Å². The molecule has 0 radical (unpaired) electrons. The minimum Gasteiger partial charge on any atom is -0.306 e. The van der Waals surface area contributed by atoms with Crippen molar-refractivity contribution in [2.45, 2.75) is 0 Å². The molecule has 0 N–H and O–H groups in total. The van der Waals surface area contributed by atoms with Gasteiger partial charge in [-0.25, -0.2) is 0 Å². The first-order valence-electron chi connectivity index (χ1n) is 30.0.